The molecule has 100 valence electrons. The van der Waals surface area contributed by atoms with Gasteiger partial charge in [0.25, 0.3) is 0 Å². The van der Waals surface area contributed by atoms with Crippen molar-refractivity contribution in [2.45, 2.75) is 20.4 Å². The van der Waals surface area contributed by atoms with Crippen molar-refractivity contribution >= 4 is 22.4 Å². The third-order valence-corrected chi connectivity index (χ3v) is 3.88. The molecule has 1 unspecified atom stereocenters. The summed E-state index contributed by atoms with van der Waals surface area (Å²) in [5, 5.41) is 2.73. The van der Waals surface area contributed by atoms with Gasteiger partial charge in [0, 0.05) is 28.8 Å². The summed E-state index contributed by atoms with van der Waals surface area (Å²) < 4.78 is 11.6. The van der Waals surface area contributed by atoms with E-state index in [9.17, 15) is 9.00 Å². The molecule has 0 heterocycles. The zero-order valence-corrected chi connectivity index (χ0v) is 11.6. The van der Waals surface area contributed by atoms with Crippen molar-refractivity contribution in [1.82, 2.24) is 0 Å². The van der Waals surface area contributed by atoms with Gasteiger partial charge in [-0.15, -0.1) is 0 Å². The minimum absolute atomic E-state index is 0.0467. The molecule has 3 N–H and O–H groups in total. The highest BCUT2D eigenvalue weighted by Crippen LogP contribution is 2.10. The van der Waals surface area contributed by atoms with Gasteiger partial charge in [-0.2, -0.15) is 0 Å². The van der Waals surface area contributed by atoms with Crippen molar-refractivity contribution in [3.8, 4) is 0 Å². The number of anilines is 1. The Bertz CT molecular complexity index is 433. The molecule has 0 bridgehead atoms. The van der Waals surface area contributed by atoms with Crippen LogP contribution in [0.4, 0.5) is 5.69 Å². The predicted octanol–water partition coefficient (Wildman–Crippen LogP) is 1.49. The standard InChI is InChI=1S/C13H20N2O2S/c1-10(2)8-18(17)9-13(16)15-12-5-3-4-11(6-12)7-14/h3-6,10H,7-9,14H2,1-2H3,(H,15,16). The second kappa shape index (κ2) is 7.28. The zero-order chi connectivity index (χ0) is 13.5. The summed E-state index contributed by atoms with van der Waals surface area (Å²) in [6.45, 7) is 4.41. The Morgan fingerprint density at radius 3 is 2.78 bits per heavy atom. The second-order valence-electron chi connectivity index (χ2n) is 4.60. The largest absolute Gasteiger partial charge is 0.326 e. The molecule has 1 aromatic rings. The first-order valence-electron chi connectivity index (χ1n) is 5.95. The molecule has 0 saturated carbocycles. The number of nitrogens with one attached hydrogen (secondary N) is 1. The van der Waals surface area contributed by atoms with E-state index < -0.39 is 10.8 Å². The number of rotatable bonds is 6. The third kappa shape index (κ3) is 5.42. The summed E-state index contributed by atoms with van der Waals surface area (Å²) in [5.41, 5.74) is 7.18. The highest BCUT2D eigenvalue weighted by atomic mass is 32.2. The summed E-state index contributed by atoms with van der Waals surface area (Å²) in [4.78, 5) is 11.7. The van der Waals surface area contributed by atoms with Crippen molar-refractivity contribution < 1.29 is 9.00 Å². The van der Waals surface area contributed by atoms with Crippen LogP contribution in [0.1, 0.15) is 19.4 Å². The minimum Gasteiger partial charge on any atom is -0.326 e. The maximum Gasteiger partial charge on any atom is 0.236 e. The molecule has 0 saturated heterocycles. The molecule has 0 aliphatic heterocycles. The molecule has 0 fully saturated rings. The maximum absolute atomic E-state index is 11.7. The maximum atomic E-state index is 11.7. The fourth-order valence-corrected chi connectivity index (χ4v) is 2.78. The van der Waals surface area contributed by atoms with Gasteiger partial charge in [0.1, 0.15) is 5.75 Å². The summed E-state index contributed by atoms with van der Waals surface area (Å²) in [6, 6.07) is 7.35. The second-order valence-corrected chi connectivity index (χ2v) is 6.10. The SMILES string of the molecule is CC(C)CS(=O)CC(=O)Nc1cccc(CN)c1. The predicted molar refractivity (Wildman–Crippen MR) is 75.7 cm³/mol. The van der Waals surface area contributed by atoms with Crippen LogP contribution in [0.25, 0.3) is 0 Å². The monoisotopic (exact) mass is 268 g/mol. The van der Waals surface area contributed by atoms with Crippen molar-refractivity contribution in [3.05, 3.63) is 29.8 Å². The van der Waals surface area contributed by atoms with Gasteiger partial charge in [0.2, 0.25) is 5.91 Å². The van der Waals surface area contributed by atoms with E-state index in [1.807, 2.05) is 32.0 Å². The topological polar surface area (TPSA) is 72.2 Å². The van der Waals surface area contributed by atoms with Gasteiger partial charge in [-0.25, -0.2) is 0 Å². The fourth-order valence-electron chi connectivity index (χ4n) is 1.55. The molecule has 0 aromatic heterocycles. The van der Waals surface area contributed by atoms with E-state index >= 15 is 0 Å². The smallest absolute Gasteiger partial charge is 0.236 e. The van der Waals surface area contributed by atoms with Crippen LogP contribution in [0.3, 0.4) is 0 Å². The molecule has 1 atom stereocenters. The van der Waals surface area contributed by atoms with Gasteiger partial charge >= 0.3 is 0 Å². The normalized spacial score (nSPS) is 12.4. The van der Waals surface area contributed by atoms with Crippen LogP contribution in [0.15, 0.2) is 24.3 Å². The number of benzene rings is 1. The van der Waals surface area contributed by atoms with E-state index in [1.54, 1.807) is 6.07 Å². The van der Waals surface area contributed by atoms with E-state index in [0.717, 1.165) is 5.56 Å². The van der Waals surface area contributed by atoms with Crippen LogP contribution in [0.2, 0.25) is 0 Å². The van der Waals surface area contributed by atoms with Gasteiger partial charge in [-0.1, -0.05) is 26.0 Å². The lowest BCUT2D eigenvalue weighted by Gasteiger charge is -2.07. The van der Waals surface area contributed by atoms with E-state index in [2.05, 4.69) is 5.32 Å². The van der Waals surface area contributed by atoms with E-state index in [-0.39, 0.29) is 11.7 Å². The van der Waals surface area contributed by atoms with Gasteiger partial charge in [0.05, 0.1) is 0 Å². The number of hydrogen-bond donors (Lipinski definition) is 2. The van der Waals surface area contributed by atoms with Crippen LogP contribution in [-0.2, 0) is 22.1 Å². The first-order valence-corrected chi connectivity index (χ1v) is 7.44. The molecule has 0 radical (unpaired) electrons. The quantitative estimate of drug-likeness (QED) is 0.821. The lowest BCUT2D eigenvalue weighted by molar-refractivity contribution is -0.113. The van der Waals surface area contributed by atoms with E-state index in [1.165, 1.54) is 0 Å². The van der Waals surface area contributed by atoms with Crippen LogP contribution in [-0.4, -0.2) is 21.6 Å². The number of amides is 1. The van der Waals surface area contributed by atoms with Gasteiger partial charge in [-0.05, 0) is 23.6 Å². The zero-order valence-electron chi connectivity index (χ0n) is 10.8. The first-order chi connectivity index (χ1) is 8.51. The van der Waals surface area contributed by atoms with Crippen LogP contribution in [0.5, 0.6) is 0 Å². The Morgan fingerprint density at radius 1 is 1.44 bits per heavy atom. The van der Waals surface area contributed by atoms with E-state index in [0.29, 0.717) is 23.9 Å². The summed E-state index contributed by atoms with van der Waals surface area (Å²) >= 11 is 0. The van der Waals surface area contributed by atoms with Gasteiger partial charge < -0.3 is 11.1 Å². The summed E-state index contributed by atoms with van der Waals surface area (Å²) in [6.07, 6.45) is 0. The molecule has 1 amide bonds. The van der Waals surface area contributed by atoms with Crippen LogP contribution in [0, 0.1) is 5.92 Å². The third-order valence-electron chi connectivity index (χ3n) is 2.26. The molecular weight excluding hydrogens is 248 g/mol. The number of carbonyl (C=O) groups is 1. The van der Waals surface area contributed by atoms with Crippen LogP contribution >= 0.6 is 0 Å². The highest BCUT2D eigenvalue weighted by molar-refractivity contribution is 7.85. The van der Waals surface area contributed by atoms with Crippen molar-refractivity contribution in [1.29, 1.82) is 0 Å². The van der Waals surface area contributed by atoms with Crippen molar-refractivity contribution in [2.75, 3.05) is 16.8 Å². The van der Waals surface area contributed by atoms with Gasteiger partial charge in [0.15, 0.2) is 0 Å². The van der Waals surface area contributed by atoms with E-state index in [4.69, 9.17) is 5.73 Å². The Hall–Kier alpha value is -1.20. The molecule has 5 heteroatoms. The average molecular weight is 268 g/mol. The Labute approximate surface area is 110 Å². The Morgan fingerprint density at radius 2 is 2.17 bits per heavy atom. The summed E-state index contributed by atoms with van der Waals surface area (Å²) in [5.74, 6) is 0.712. The molecule has 0 spiro atoms. The first kappa shape index (κ1) is 14.9. The number of carbonyl (C=O) groups excluding carboxylic acids is 1. The Balaban J connectivity index is 2.51. The van der Waals surface area contributed by atoms with Crippen molar-refractivity contribution in [2.24, 2.45) is 11.7 Å². The lowest BCUT2D eigenvalue weighted by Crippen LogP contribution is -2.22. The molecule has 1 aromatic carbocycles. The lowest BCUT2D eigenvalue weighted by atomic mass is 10.2. The molecule has 0 aliphatic carbocycles. The van der Waals surface area contributed by atoms with Gasteiger partial charge in [-0.3, -0.25) is 9.00 Å². The highest BCUT2D eigenvalue weighted by Gasteiger charge is 2.10. The molecule has 18 heavy (non-hydrogen) atoms. The molecule has 4 nitrogen and oxygen atoms in total. The number of hydrogen-bond acceptors (Lipinski definition) is 3. The average Bonchev–Trinajstić information content (AvgIpc) is 2.27. The molecule has 1 rings (SSSR count). The molecule has 0 aliphatic rings. The molecular formula is C13H20N2O2S. The van der Waals surface area contributed by atoms with Crippen LogP contribution < -0.4 is 11.1 Å². The summed E-state index contributed by atoms with van der Waals surface area (Å²) in [7, 11) is -1.10. The fraction of sp³-hybridized carbons (Fsp3) is 0.462. The van der Waals surface area contributed by atoms with Crippen molar-refractivity contribution in [3.63, 3.8) is 0 Å². The number of nitrogens with two attached hydrogens (primary N) is 1. The minimum atomic E-state index is -1.10. The Kier molecular flexibility index (Phi) is 6.01.